The minimum atomic E-state index is -0.448. The van der Waals surface area contributed by atoms with Crippen LogP contribution in [0.4, 0.5) is 0 Å². The minimum Gasteiger partial charge on any atom is -0.463 e. The van der Waals surface area contributed by atoms with Crippen molar-refractivity contribution in [1.82, 2.24) is 4.98 Å². The molecule has 0 aliphatic rings. The van der Waals surface area contributed by atoms with E-state index < -0.39 is 5.97 Å². The molecule has 0 bridgehead atoms. The predicted molar refractivity (Wildman–Crippen MR) is 53.0 cm³/mol. The van der Waals surface area contributed by atoms with Crippen LogP contribution in [0.3, 0.4) is 0 Å². The Labute approximate surface area is 82.4 Å². The van der Waals surface area contributed by atoms with E-state index in [1.807, 2.05) is 0 Å². The highest BCUT2D eigenvalue weighted by molar-refractivity contribution is 5.89. The Morgan fingerprint density at radius 1 is 1.64 bits per heavy atom. The van der Waals surface area contributed by atoms with Gasteiger partial charge in [-0.25, -0.2) is 4.79 Å². The summed E-state index contributed by atoms with van der Waals surface area (Å²) in [6.45, 7) is 2.08. The standard InChI is InChI=1S/C10H12N2O2/c1-2-14-10(13)7-8(11)9-5-3-4-6-12-9/h3-7H,2,11H2,1H3. The van der Waals surface area contributed by atoms with E-state index in [1.165, 1.54) is 6.08 Å². The number of nitrogens with two attached hydrogens (primary N) is 1. The van der Waals surface area contributed by atoms with Crippen LogP contribution in [0.2, 0.25) is 0 Å². The third-order valence-electron chi connectivity index (χ3n) is 1.52. The average molecular weight is 192 g/mol. The van der Waals surface area contributed by atoms with Gasteiger partial charge in [0.1, 0.15) is 0 Å². The molecule has 0 radical (unpaired) electrons. The maximum atomic E-state index is 11.0. The topological polar surface area (TPSA) is 65.2 Å². The molecule has 1 heterocycles. The van der Waals surface area contributed by atoms with E-state index in [2.05, 4.69) is 4.98 Å². The first kappa shape index (κ1) is 10.2. The zero-order valence-electron chi connectivity index (χ0n) is 7.93. The van der Waals surface area contributed by atoms with Gasteiger partial charge in [-0.15, -0.1) is 0 Å². The number of carbonyl (C=O) groups is 1. The zero-order valence-corrected chi connectivity index (χ0v) is 7.93. The van der Waals surface area contributed by atoms with E-state index >= 15 is 0 Å². The van der Waals surface area contributed by atoms with Gasteiger partial charge in [0.05, 0.1) is 18.0 Å². The van der Waals surface area contributed by atoms with Crippen molar-refractivity contribution in [3.05, 3.63) is 36.2 Å². The summed E-state index contributed by atoms with van der Waals surface area (Å²) >= 11 is 0. The van der Waals surface area contributed by atoms with Crippen molar-refractivity contribution in [3.63, 3.8) is 0 Å². The second-order valence-corrected chi connectivity index (χ2v) is 2.57. The fraction of sp³-hybridized carbons (Fsp3) is 0.200. The molecular weight excluding hydrogens is 180 g/mol. The largest absolute Gasteiger partial charge is 0.463 e. The van der Waals surface area contributed by atoms with Gasteiger partial charge in [0, 0.05) is 12.3 Å². The molecule has 2 N–H and O–H groups in total. The van der Waals surface area contributed by atoms with Crippen molar-refractivity contribution in [1.29, 1.82) is 0 Å². The number of hydrogen-bond donors (Lipinski definition) is 1. The summed E-state index contributed by atoms with van der Waals surface area (Å²) in [7, 11) is 0. The van der Waals surface area contributed by atoms with Gasteiger partial charge in [-0.1, -0.05) is 6.07 Å². The molecule has 1 aromatic heterocycles. The Morgan fingerprint density at radius 2 is 2.43 bits per heavy atom. The highest BCUT2D eigenvalue weighted by Gasteiger charge is 2.01. The SMILES string of the molecule is CCOC(=O)C=C(N)c1ccccn1. The Kier molecular flexibility index (Phi) is 3.67. The van der Waals surface area contributed by atoms with Gasteiger partial charge >= 0.3 is 5.97 Å². The van der Waals surface area contributed by atoms with Crippen LogP contribution in [0.1, 0.15) is 12.6 Å². The van der Waals surface area contributed by atoms with Crippen LogP contribution in [-0.2, 0) is 9.53 Å². The van der Waals surface area contributed by atoms with Crippen molar-refractivity contribution in [2.45, 2.75) is 6.92 Å². The first-order valence-electron chi connectivity index (χ1n) is 4.29. The van der Waals surface area contributed by atoms with Crippen LogP contribution in [0.5, 0.6) is 0 Å². The smallest absolute Gasteiger partial charge is 0.332 e. The molecule has 0 aromatic carbocycles. The van der Waals surface area contributed by atoms with E-state index in [-0.39, 0.29) is 0 Å². The molecule has 14 heavy (non-hydrogen) atoms. The first-order valence-corrected chi connectivity index (χ1v) is 4.29. The molecule has 0 amide bonds. The molecule has 0 fully saturated rings. The second-order valence-electron chi connectivity index (χ2n) is 2.57. The number of carbonyl (C=O) groups excluding carboxylic acids is 1. The van der Waals surface area contributed by atoms with Crippen LogP contribution in [0.15, 0.2) is 30.5 Å². The van der Waals surface area contributed by atoms with Gasteiger partial charge in [0.15, 0.2) is 0 Å². The van der Waals surface area contributed by atoms with Gasteiger partial charge in [-0.05, 0) is 19.1 Å². The molecule has 4 nitrogen and oxygen atoms in total. The Balaban J connectivity index is 2.75. The number of aromatic nitrogens is 1. The van der Waals surface area contributed by atoms with E-state index in [9.17, 15) is 4.79 Å². The molecule has 0 saturated heterocycles. The fourth-order valence-corrected chi connectivity index (χ4v) is 0.918. The summed E-state index contributed by atoms with van der Waals surface area (Å²) in [5, 5.41) is 0. The van der Waals surface area contributed by atoms with Gasteiger partial charge < -0.3 is 10.5 Å². The lowest BCUT2D eigenvalue weighted by Crippen LogP contribution is -2.05. The molecule has 0 unspecified atom stereocenters. The summed E-state index contributed by atoms with van der Waals surface area (Å²) in [6, 6.07) is 5.31. The molecule has 1 aromatic rings. The van der Waals surface area contributed by atoms with Crippen molar-refractivity contribution in [2.75, 3.05) is 6.61 Å². The Morgan fingerprint density at radius 3 is 3.00 bits per heavy atom. The lowest BCUT2D eigenvalue weighted by molar-refractivity contribution is -0.137. The normalized spacial score (nSPS) is 11.1. The van der Waals surface area contributed by atoms with Crippen molar-refractivity contribution >= 4 is 11.7 Å². The molecule has 0 spiro atoms. The number of nitrogens with zero attached hydrogens (tertiary/aromatic N) is 1. The summed E-state index contributed by atoms with van der Waals surface area (Å²) in [5.41, 5.74) is 6.50. The summed E-state index contributed by atoms with van der Waals surface area (Å²) in [6.07, 6.45) is 2.84. The second kappa shape index (κ2) is 5.01. The van der Waals surface area contributed by atoms with E-state index in [1.54, 1.807) is 31.3 Å². The third-order valence-corrected chi connectivity index (χ3v) is 1.52. The summed E-state index contributed by atoms with van der Waals surface area (Å²) < 4.78 is 4.71. The first-order chi connectivity index (χ1) is 6.74. The number of esters is 1. The van der Waals surface area contributed by atoms with Crippen LogP contribution in [0, 0.1) is 0 Å². The van der Waals surface area contributed by atoms with Gasteiger partial charge in [0.25, 0.3) is 0 Å². The number of rotatable bonds is 3. The summed E-state index contributed by atoms with van der Waals surface area (Å²) in [5.74, 6) is -0.448. The third kappa shape index (κ3) is 2.90. The quantitative estimate of drug-likeness (QED) is 0.572. The van der Waals surface area contributed by atoms with Crippen molar-refractivity contribution < 1.29 is 9.53 Å². The van der Waals surface area contributed by atoms with Gasteiger partial charge in [-0.2, -0.15) is 0 Å². The molecule has 0 aliphatic carbocycles. The minimum absolute atomic E-state index is 0.309. The van der Waals surface area contributed by atoms with Crippen LogP contribution >= 0.6 is 0 Å². The molecular formula is C10H12N2O2. The van der Waals surface area contributed by atoms with Gasteiger partial charge in [0.2, 0.25) is 0 Å². The predicted octanol–water partition coefficient (Wildman–Crippen LogP) is 0.944. The lowest BCUT2D eigenvalue weighted by atomic mass is 10.3. The van der Waals surface area contributed by atoms with Crippen LogP contribution < -0.4 is 5.73 Å². The van der Waals surface area contributed by atoms with Crippen LogP contribution in [-0.4, -0.2) is 17.6 Å². The van der Waals surface area contributed by atoms with Crippen molar-refractivity contribution in [3.8, 4) is 0 Å². The number of ether oxygens (including phenoxy) is 1. The molecule has 0 atom stereocenters. The van der Waals surface area contributed by atoms with Crippen LogP contribution in [0.25, 0.3) is 5.70 Å². The van der Waals surface area contributed by atoms with E-state index in [0.717, 1.165) is 0 Å². The monoisotopic (exact) mass is 192 g/mol. The highest BCUT2D eigenvalue weighted by atomic mass is 16.5. The maximum Gasteiger partial charge on any atom is 0.332 e. The lowest BCUT2D eigenvalue weighted by Gasteiger charge is -2.00. The molecule has 74 valence electrons. The molecule has 0 aliphatic heterocycles. The van der Waals surface area contributed by atoms with Crippen molar-refractivity contribution in [2.24, 2.45) is 5.73 Å². The summed E-state index contributed by atoms with van der Waals surface area (Å²) in [4.78, 5) is 15.0. The van der Waals surface area contributed by atoms with E-state index in [0.29, 0.717) is 18.0 Å². The number of hydrogen-bond acceptors (Lipinski definition) is 4. The van der Waals surface area contributed by atoms with Gasteiger partial charge in [-0.3, -0.25) is 4.98 Å². The average Bonchev–Trinajstić information content (AvgIpc) is 2.19. The Hall–Kier alpha value is -1.84. The highest BCUT2D eigenvalue weighted by Crippen LogP contribution is 2.03. The maximum absolute atomic E-state index is 11.0. The Bertz CT molecular complexity index is 333. The molecule has 1 rings (SSSR count). The molecule has 0 saturated carbocycles. The fourth-order valence-electron chi connectivity index (χ4n) is 0.918. The van der Waals surface area contributed by atoms with E-state index in [4.69, 9.17) is 10.5 Å². The zero-order chi connectivity index (χ0) is 10.4. The number of pyridine rings is 1. The molecule has 4 heteroatoms.